The van der Waals surface area contributed by atoms with Crippen molar-refractivity contribution in [1.29, 1.82) is 0 Å². The smallest absolute Gasteiger partial charge is 0.176 e. The van der Waals surface area contributed by atoms with E-state index in [0.717, 1.165) is 0 Å². The second-order valence-electron chi connectivity index (χ2n) is 3.03. The molecular weight excluding hydrogens is 224 g/mol. The first-order valence-corrected chi connectivity index (χ1v) is 5.40. The summed E-state index contributed by atoms with van der Waals surface area (Å²) in [5, 5.41) is 0. The summed E-state index contributed by atoms with van der Waals surface area (Å²) in [5.41, 5.74) is 0. The first-order valence-electron chi connectivity index (χ1n) is 5.40. The van der Waals surface area contributed by atoms with Crippen LogP contribution in [0.15, 0.2) is 25.3 Å². The van der Waals surface area contributed by atoms with E-state index in [0.29, 0.717) is 26.4 Å². The average Bonchev–Trinajstić information content (AvgIpc) is 2.37. The van der Waals surface area contributed by atoms with Crippen molar-refractivity contribution in [2.75, 3.05) is 40.6 Å². The minimum Gasteiger partial charge on any atom is -0.377 e. The number of methoxy groups -OCH3 is 2. The highest BCUT2D eigenvalue weighted by molar-refractivity contribution is 4.71. The quantitative estimate of drug-likeness (QED) is 0.295. The van der Waals surface area contributed by atoms with Gasteiger partial charge in [0, 0.05) is 14.2 Å². The molecule has 0 N–H and O–H groups in total. The normalized spacial score (nSPS) is 14.2. The SMILES string of the molecule is C=CC(OC)OCCOCCOC(C=C)OC. The van der Waals surface area contributed by atoms with E-state index < -0.39 is 0 Å². The van der Waals surface area contributed by atoms with Crippen LogP contribution in [0.1, 0.15) is 0 Å². The molecule has 0 aromatic heterocycles. The van der Waals surface area contributed by atoms with Crippen LogP contribution in [-0.4, -0.2) is 53.2 Å². The van der Waals surface area contributed by atoms with Gasteiger partial charge in [-0.25, -0.2) is 0 Å². The van der Waals surface area contributed by atoms with E-state index in [2.05, 4.69) is 13.2 Å². The molecule has 2 atom stereocenters. The Morgan fingerprint density at radius 3 is 1.53 bits per heavy atom. The topological polar surface area (TPSA) is 46.2 Å². The van der Waals surface area contributed by atoms with E-state index in [-0.39, 0.29) is 12.6 Å². The van der Waals surface area contributed by atoms with Crippen molar-refractivity contribution in [3.8, 4) is 0 Å². The van der Waals surface area contributed by atoms with Gasteiger partial charge in [-0.15, -0.1) is 0 Å². The van der Waals surface area contributed by atoms with Crippen LogP contribution in [0.5, 0.6) is 0 Å². The highest BCUT2D eigenvalue weighted by Gasteiger charge is 2.02. The van der Waals surface area contributed by atoms with Crippen LogP contribution in [0, 0.1) is 0 Å². The van der Waals surface area contributed by atoms with Crippen molar-refractivity contribution >= 4 is 0 Å². The van der Waals surface area contributed by atoms with Crippen molar-refractivity contribution < 1.29 is 23.7 Å². The Bertz CT molecular complexity index is 175. The molecule has 0 heterocycles. The Morgan fingerprint density at radius 2 is 1.24 bits per heavy atom. The van der Waals surface area contributed by atoms with Crippen LogP contribution in [0.4, 0.5) is 0 Å². The van der Waals surface area contributed by atoms with E-state index >= 15 is 0 Å². The van der Waals surface area contributed by atoms with Gasteiger partial charge >= 0.3 is 0 Å². The third kappa shape index (κ3) is 9.02. The van der Waals surface area contributed by atoms with Crippen LogP contribution in [0.3, 0.4) is 0 Å². The summed E-state index contributed by atoms with van der Waals surface area (Å²) in [6.45, 7) is 8.97. The maximum Gasteiger partial charge on any atom is 0.176 e. The van der Waals surface area contributed by atoms with Gasteiger partial charge < -0.3 is 23.7 Å². The van der Waals surface area contributed by atoms with E-state index in [1.54, 1.807) is 26.4 Å². The fourth-order valence-electron chi connectivity index (χ4n) is 1.01. The highest BCUT2D eigenvalue weighted by Crippen LogP contribution is 1.95. The molecule has 5 nitrogen and oxygen atoms in total. The molecule has 0 saturated carbocycles. The molecule has 17 heavy (non-hydrogen) atoms. The third-order valence-electron chi connectivity index (χ3n) is 1.87. The predicted octanol–water partition coefficient (Wildman–Crippen LogP) is 1.35. The van der Waals surface area contributed by atoms with Gasteiger partial charge in [-0.3, -0.25) is 0 Å². The Labute approximate surface area is 103 Å². The monoisotopic (exact) mass is 246 g/mol. The molecule has 0 rings (SSSR count). The molecular formula is C12H22O5. The molecule has 2 unspecified atom stereocenters. The van der Waals surface area contributed by atoms with Gasteiger partial charge in [-0.1, -0.05) is 13.2 Å². The molecule has 0 aromatic rings. The lowest BCUT2D eigenvalue weighted by Gasteiger charge is -2.13. The molecule has 0 aliphatic carbocycles. The summed E-state index contributed by atoms with van der Waals surface area (Å²) in [4.78, 5) is 0. The summed E-state index contributed by atoms with van der Waals surface area (Å²) in [6.07, 6.45) is 2.40. The summed E-state index contributed by atoms with van der Waals surface area (Å²) < 4.78 is 25.7. The number of hydrogen-bond donors (Lipinski definition) is 0. The van der Waals surface area contributed by atoms with Gasteiger partial charge in [0.1, 0.15) is 0 Å². The molecule has 0 aromatic carbocycles. The minimum absolute atomic E-state index is 0.381. The highest BCUT2D eigenvalue weighted by atomic mass is 16.7. The number of rotatable bonds is 12. The summed E-state index contributed by atoms with van der Waals surface area (Å²) in [7, 11) is 3.11. The average molecular weight is 246 g/mol. The van der Waals surface area contributed by atoms with Crippen LogP contribution in [-0.2, 0) is 23.7 Å². The predicted molar refractivity (Wildman–Crippen MR) is 64.7 cm³/mol. The Morgan fingerprint density at radius 1 is 0.824 bits per heavy atom. The summed E-state index contributed by atoms with van der Waals surface area (Å²) in [6, 6.07) is 0. The fraction of sp³-hybridized carbons (Fsp3) is 0.667. The lowest BCUT2D eigenvalue weighted by atomic mass is 10.6. The Hall–Kier alpha value is -0.720. The number of ether oxygens (including phenoxy) is 5. The Kier molecular flexibility index (Phi) is 11.3. The van der Waals surface area contributed by atoms with Crippen molar-refractivity contribution in [2.24, 2.45) is 0 Å². The molecule has 5 heteroatoms. The molecule has 0 aliphatic heterocycles. The van der Waals surface area contributed by atoms with Crippen LogP contribution in [0.25, 0.3) is 0 Å². The Balaban J connectivity index is 3.29. The first kappa shape index (κ1) is 16.3. The first-order chi connectivity index (χ1) is 8.28. The maximum absolute atomic E-state index is 5.28. The van der Waals surface area contributed by atoms with E-state index in [1.165, 1.54) is 0 Å². The van der Waals surface area contributed by atoms with E-state index in [4.69, 9.17) is 23.7 Å². The number of hydrogen-bond acceptors (Lipinski definition) is 5. The van der Waals surface area contributed by atoms with Crippen molar-refractivity contribution in [2.45, 2.75) is 12.6 Å². The van der Waals surface area contributed by atoms with Gasteiger partial charge in [0.05, 0.1) is 26.4 Å². The second-order valence-corrected chi connectivity index (χ2v) is 3.03. The molecule has 0 spiro atoms. The summed E-state index contributed by atoms with van der Waals surface area (Å²) >= 11 is 0. The lowest BCUT2D eigenvalue weighted by molar-refractivity contribution is -0.118. The molecule has 0 fully saturated rings. The minimum atomic E-state index is -0.381. The zero-order chi connectivity index (χ0) is 12.9. The fourth-order valence-corrected chi connectivity index (χ4v) is 1.01. The van der Waals surface area contributed by atoms with Crippen molar-refractivity contribution in [3.05, 3.63) is 25.3 Å². The van der Waals surface area contributed by atoms with Crippen LogP contribution in [0.2, 0.25) is 0 Å². The van der Waals surface area contributed by atoms with E-state index in [1.807, 2.05) is 0 Å². The van der Waals surface area contributed by atoms with Crippen molar-refractivity contribution in [1.82, 2.24) is 0 Å². The molecule has 0 saturated heterocycles. The molecule has 0 amide bonds. The van der Waals surface area contributed by atoms with Crippen LogP contribution < -0.4 is 0 Å². The van der Waals surface area contributed by atoms with Crippen molar-refractivity contribution in [3.63, 3.8) is 0 Å². The van der Waals surface area contributed by atoms with Gasteiger partial charge in [0.15, 0.2) is 12.6 Å². The maximum atomic E-state index is 5.28. The van der Waals surface area contributed by atoms with Crippen LogP contribution >= 0.6 is 0 Å². The van der Waals surface area contributed by atoms with Gasteiger partial charge in [0.2, 0.25) is 0 Å². The zero-order valence-electron chi connectivity index (χ0n) is 10.6. The lowest BCUT2D eigenvalue weighted by Crippen LogP contribution is -2.18. The standard InChI is InChI=1S/C12H22O5/c1-5-11(13-3)16-9-7-15-8-10-17-12(6-2)14-4/h5-6,11-12H,1-2,7-10H2,3-4H3. The summed E-state index contributed by atoms with van der Waals surface area (Å²) in [5.74, 6) is 0. The van der Waals surface area contributed by atoms with Gasteiger partial charge in [-0.2, -0.15) is 0 Å². The van der Waals surface area contributed by atoms with Gasteiger partial charge in [-0.05, 0) is 12.2 Å². The molecule has 0 radical (unpaired) electrons. The van der Waals surface area contributed by atoms with Gasteiger partial charge in [0.25, 0.3) is 0 Å². The zero-order valence-corrected chi connectivity index (χ0v) is 10.6. The third-order valence-corrected chi connectivity index (χ3v) is 1.87. The largest absolute Gasteiger partial charge is 0.377 e. The molecule has 0 bridgehead atoms. The molecule has 0 aliphatic rings. The molecule has 100 valence electrons. The second kappa shape index (κ2) is 11.8. The van der Waals surface area contributed by atoms with E-state index in [9.17, 15) is 0 Å².